The molecule has 7 nitrogen and oxygen atoms in total. The highest BCUT2D eigenvalue weighted by Gasteiger charge is 2.59. The highest BCUT2D eigenvalue weighted by Crippen LogP contribution is 2.52. The normalized spacial score (nSPS) is 27.6. The Morgan fingerprint density at radius 1 is 1.04 bits per heavy atom. The van der Waals surface area contributed by atoms with Crippen molar-refractivity contribution in [3.05, 3.63) is 48.0 Å². The first-order chi connectivity index (χ1) is 13.0. The second kappa shape index (κ2) is 7.11. The van der Waals surface area contributed by atoms with Crippen LogP contribution < -0.4 is 16.2 Å². The van der Waals surface area contributed by atoms with Crippen molar-refractivity contribution in [2.24, 2.45) is 23.7 Å². The zero-order valence-corrected chi connectivity index (χ0v) is 15.4. The van der Waals surface area contributed by atoms with Crippen LogP contribution >= 0.6 is 12.2 Å². The summed E-state index contributed by atoms with van der Waals surface area (Å²) in [5, 5.41) is 3.22. The summed E-state index contributed by atoms with van der Waals surface area (Å²) in [7, 11) is 0. The smallest absolute Gasteiger partial charge is 0.258 e. The van der Waals surface area contributed by atoms with Gasteiger partial charge in [-0.2, -0.15) is 0 Å². The van der Waals surface area contributed by atoms with Gasteiger partial charge in [0.05, 0.1) is 11.8 Å². The third-order valence-electron chi connectivity index (χ3n) is 5.47. The molecule has 0 radical (unpaired) electrons. The number of nitrogens with zero attached hydrogens (tertiary/aromatic N) is 1. The number of benzene rings is 1. The number of amides is 3. The average molecular weight is 384 g/mol. The Labute approximate surface area is 162 Å². The first-order valence-electron chi connectivity index (χ1n) is 8.95. The summed E-state index contributed by atoms with van der Waals surface area (Å²) in [5.74, 6) is -1.26. The van der Waals surface area contributed by atoms with Crippen molar-refractivity contribution in [2.45, 2.75) is 13.0 Å². The molecule has 1 saturated carbocycles. The second-order valence-electron chi connectivity index (χ2n) is 7.10. The quantitative estimate of drug-likeness (QED) is 0.303. The van der Waals surface area contributed by atoms with Crippen LogP contribution in [0, 0.1) is 23.7 Å². The van der Waals surface area contributed by atoms with Crippen LogP contribution in [0.1, 0.15) is 12.0 Å². The number of nitrogens with one attached hydrogen (secondary N) is 3. The maximum atomic E-state index is 12.6. The highest BCUT2D eigenvalue weighted by molar-refractivity contribution is 7.80. The summed E-state index contributed by atoms with van der Waals surface area (Å²) in [6.45, 7) is 0.225. The minimum atomic E-state index is -0.485. The van der Waals surface area contributed by atoms with Gasteiger partial charge in [-0.05, 0) is 36.0 Å². The third kappa shape index (κ3) is 3.32. The Morgan fingerprint density at radius 3 is 2.30 bits per heavy atom. The van der Waals surface area contributed by atoms with Gasteiger partial charge in [0.15, 0.2) is 5.11 Å². The van der Waals surface area contributed by atoms with Crippen LogP contribution in [0.4, 0.5) is 0 Å². The van der Waals surface area contributed by atoms with Crippen LogP contribution in [0.5, 0.6) is 0 Å². The van der Waals surface area contributed by atoms with Crippen LogP contribution in [0.3, 0.4) is 0 Å². The lowest BCUT2D eigenvalue weighted by atomic mass is 9.85. The molecule has 1 saturated heterocycles. The number of allylic oxidation sites excluding steroid dienone is 2. The second-order valence-corrected chi connectivity index (χ2v) is 7.51. The van der Waals surface area contributed by atoms with Gasteiger partial charge in [-0.15, -0.1) is 0 Å². The van der Waals surface area contributed by atoms with Gasteiger partial charge in [-0.25, -0.2) is 0 Å². The first kappa shape index (κ1) is 17.7. The standard InChI is InChI=1S/C19H20N4O3S/c24-14(21-22-19(27)20-9-11-4-2-1-3-5-11)10-23-17(25)15-12-6-7-13(8-12)16(15)18(23)26/h1-7,12-13,15-16H,8-10H2,(H,21,24)(H2,20,22,27)/t12-,13-,15-,16-/m0/s1. The molecule has 4 rings (SSSR count). The lowest BCUT2D eigenvalue weighted by Crippen LogP contribution is -2.50. The molecule has 3 N–H and O–H groups in total. The summed E-state index contributed by atoms with van der Waals surface area (Å²) in [6.07, 6.45) is 4.92. The van der Waals surface area contributed by atoms with Gasteiger partial charge in [-0.1, -0.05) is 42.5 Å². The molecule has 1 heterocycles. The monoisotopic (exact) mass is 384 g/mol. The highest BCUT2D eigenvalue weighted by atomic mass is 32.1. The van der Waals surface area contributed by atoms with Gasteiger partial charge in [0.25, 0.3) is 5.91 Å². The molecule has 1 aliphatic heterocycles. The van der Waals surface area contributed by atoms with E-state index in [0.29, 0.717) is 6.54 Å². The largest absolute Gasteiger partial charge is 0.357 e. The van der Waals surface area contributed by atoms with E-state index in [1.54, 1.807) is 0 Å². The van der Waals surface area contributed by atoms with Gasteiger partial charge in [0, 0.05) is 6.54 Å². The van der Waals surface area contributed by atoms with Crippen molar-refractivity contribution < 1.29 is 14.4 Å². The van der Waals surface area contributed by atoms with E-state index in [4.69, 9.17) is 12.2 Å². The molecule has 2 fully saturated rings. The number of rotatable bonds is 4. The van der Waals surface area contributed by atoms with E-state index in [1.807, 2.05) is 42.5 Å². The number of thiocarbonyl (C=S) groups is 1. The van der Waals surface area contributed by atoms with Crippen molar-refractivity contribution >= 4 is 35.1 Å². The minimum Gasteiger partial charge on any atom is -0.357 e. The molecule has 0 unspecified atom stereocenters. The summed E-state index contributed by atoms with van der Waals surface area (Å²) < 4.78 is 0. The summed E-state index contributed by atoms with van der Waals surface area (Å²) >= 11 is 5.11. The van der Waals surface area contributed by atoms with Crippen LogP contribution in [0.2, 0.25) is 0 Å². The number of imide groups is 1. The number of hydrogen-bond donors (Lipinski definition) is 3. The van der Waals surface area contributed by atoms with Gasteiger partial charge >= 0.3 is 0 Å². The fraction of sp³-hybridized carbons (Fsp3) is 0.368. The topological polar surface area (TPSA) is 90.5 Å². The molecule has 140 valence electrons. The van der Waals surface area contributed by atoms with Gasteiger partial charge in [-0.3, -0.25) is 30.1 Å². The lowest BCUT2D eigenvalue weighted by Gasteiger charge is -2.17. The van der Waals surface area contributed by atoms with E-state index in [1.165, 1.54) is 0 Å². The predicted molar refractivity (Wildman–Crippen MR) is 102 cm³/mol. The van der Waals surface area contributed by atoms with E-state index in [-0.39, 0.29) is 47.1 Å². The van der Waals surface area contributed by atoms with E-state index in [2.05, 4.69) is 16.2 Å². The average Bonchev–Trinajstić information content (AvgIpc) is 3.35. The number of carbonyl (C=O) groups is 3. The van der Waals surface area contributed by atoms with E-state index < -0.39 is 5.91 Å². The molecule has 0 aromatic heterocycles. The predicted octanol–water partition coefficient (Wildman–Crippen LogP) is 0.489. The van der Waals surface area contributed by atoms with Crippen molar-refractivity contribution in [3.8, 4) is 0 Å². The fourth-order valence-corrected chi connectivity index (χ4v) is 4.38. The van der Waals surface area contributed by atoms with Crippen molar-refractivity contribution in [2.75, 3.05) is 6.54 Å². The molecule has 27 heavy (non-hydrogen) atoms. The minimum absolute atomic E-state index is 0.136. The lowest BCUT2D eigenvalue weighted by molar-refractivity contribution is -0.144. The van der Waals surface area contributed by atoms with E-state index in [0.717, 1.165) is 16.9 Å². The maximum absolute atomic E-state index is 12.6. The van der Waals surface area contributed by atoms with Crippen LogP contribution in [0.15, 0.2) is 42.5 Å². The number of carbonyl (C=O) groups excluding carboxylic acids is 3. The number of hydrazine groups is 1. The molecule has 8 heteroatoms. The van der Waals surface area contributed by atoms with Gasteiger partial charge in [0.2, 0.25) is 11.8 Å². The van der Waals surface area contributed by atoms with Crippen LogP contribution in [-0.2, 0) is 20.9 Å². The Bertz CT molecular complexity index is 796. The molecular weight excluding hydrogens is 364 g/mol. The number of fused-ring (bicyclic) bond motifs is 5. The third-order valence-corrected chi connectivity index (χ3v) is 5.72. The van der Waals surface area contributed by atoms with Crippen LogP contribution in [-0.4, -0.2) is 34.3 Å². The number of hydrogen-bond acceptors (Lipinski definition) is 4. The molecular formula is C19H20N4O3S. The summed E-state index contributed by atoms with van der Waals surface area (Å²) in [6, 6.07) is 9.69. The van der Waals surface area contributed by atoms with E-state index >= 15 is 0 Å². The van der Waals surface area contributed by atoms with Crippen molar-refractivity contribution in [1.29, 1.82) is 0 Å². The molecule has 3 amide bonds. The van der Waals surface area contributed by atoms with Gasteiger partial charge in [0.1, 0.15) is 6.54 Å². The Morgan fingerprint density at radius 2 is 1.67 bits per heavy atom. The molecule has 1 aromatic carbocycles. The Balaban J connectivity index is 1.25. The molecule has 1 aromatic rings. The summed E-state index contributed by atoms with van der Waals surface area (Å²) in [4.78, 5) is 38.3. The van der Waals surface area contributed by atoms with Crippen LogP contribution in [0.25, 0.3) is 0 Å². The maximum Gasteiger partial charge on any atom is 0.258 e. The molecule has 0 spiro atoms. The molecule has 4 atom stereocenters. The Hall–Kier alpha value is -2.74. The zero-order valence-electron chi connectivity index (χ0n) is 14.6. The fourth-order valence-electron chi connectivity index (χ4n) is 4.25. The summed E-state index contributed by atoms with van der Waals surface area (Å²) in [5.41, 5.74) is 6.08. The van der Waals surface area contributed by atoms with Crippen molar-refractivity contribution in [3.63, 3.8) is 0 Å². The Kier molecular flexibility index (Phi) is 4.65. The first-order valence-corrected chi connectivity index (χ1v) is 9.35. The van der Waals surface area contributed by atoms with Crippen molar-refractivity contribution in [1.82, 2.24) is 21.1 Å². The molecule has 2 bridgehead atoms. The zero-order chi connectivity index (χ0) is 19.0. The number of likely N-dealkylation sites (tertiary alicyclic amines) is 1. The molecule has 2 aliphatic carbocycles. The van der Waals surface area contributed by atoms with Gasteiger partial charge < -0.3 is 5.32 Å². The molecule has 3 aliphatic rings. The van der Waals surface area contributed by atoms with E-state index in [9.17, 15) is 14.4 Å². The SMILES string of the molecule is O=C(CN1C(=O)[C@@H]2[C@@H](C1=O)[C@H]1C=C[C@H]2C1)NNC(=S)NCc1ccccc1.